The van der Waals surface area contributed by atoms with Crippen LogP contribution in [0.4, 0.5) is 9.18 Å². The van der Waals surface area contributed by atoms with E-state index in [0.29, 0.717) is 13.1 Å². The van der Waals surface area contributed by atoms with Gasteiger partial charge >= 0.3 is 6.09 Å². The Kier molecular flexibility index (Phi) is 4.13. The highest BCUT2D eigenvalue weighted by molar-refractivity contribution is 5.68. The number of rotatable bonds is 1. The van der Waals surface area contributed by atoms with E-state index in [2.05, 4.69) is 5.32 Å². The molecule has 0 radical (unpaired) electrons. The summed E-state index contributed by atoms with van der Waals surface area (Å²) in [4.78, 5) is 13.4. The predicted octanol–water partition coefficient (Wildman–Crippen LogP) is 1.55. The van der Waals surface area contributed by atoms with Crippen LogP contribution in [-0.4, -0.2) is 48.4 Å². The molecular formula is C11H21FN2O2. The van der Waals surface area contributed by atoms with E-state index in [1.807, 2.05) is 27.7 Å². The molecule has 0 aromatic carbocycles. The number of amides is 1. The van der Waals surface area contributed by atoms with Gasteiger partial charge in [0.1, 0.15) is 12.3 Å². The van der Waals surface area contributed by atoms with E-state index in [9.17, 15) is 9.18 Å². The second kappa shape index (κ2) is 4.99. The maximum atomic E-state index is 12.5. The fourth-order valence-electron chi connectivity index (χ4n) is 1.61. The molecule has 0 aromatic heterocycles. The van der Waals surface area contributed by atoms with Gasteiger partial charge in [0, 0.05) is 19.1 Å². The zero-order chi connectivity index (χ0) is 12.3. The number of alkyl halides is 1. The fraction of sp³-hybridized carbons (Fsp3) is 0.909. The average molecular weight is 232 g/mol. The summed E-state index contributed by atoms with van der Waals surface area (Å²) in [5, 5.41) is 3.04. The molecule has 1 fully saturated rings. The van der Waals surface area contributed by atoms with E-state index in [0.717, 1.165) is 0 Å². The van der Waals surface area contributed by atoms with Crippen LogP contribution in [0.5, 0.6) is 0 Å². The normalized spacial score (nSPS) is 26.7. The number of hydrogen-bond acceptors (Lipinski definition) is 3. The molecule has 1 rings (SSSR count). The summed E-state index contributed by atoms with van der Waals surface area (Å²) in [6.07, 6.45) is -0.361. The number of halogens is 1. The summed E-state index contributed by atoms with van der Waals surface area (Å²) >= 11 is 0. The van der Waals surface area contributed by atoms with Crippen molar-refractivity contribution in [1.82, 2.24) is 10.2 Å². The van der Waals surface area contributed by atoms with Gasteiger partial charge in [-0.05, 0) is 27.7 Å². The molecule has 4 nitrogen and oxygen atoms in total. The topological polar surface area (TPSA) is 41.6 Å². The zero-order valence-electron chi connectivity index (χ0n) is 10.4. The molecule has 1 heterocycles. The maximum Gasteiger partial charge on any atom is 0.410 e. The van der Waals surface area contributed by atoms with Crippen LogP contribution >= 0.6 is 0 Å². The molecule has 1 saturated heterocycles. The van der Waals surface area contributed by atoms with Gasteiger partial charge in [0.05, 0.1) is 6.04 Å². The van der Waals surface area contributed by atoms with E-state index < -0.39 is 12.3 Å². The van der Waals surface area contributed by atoms with Crippen LogP contribution in [0.2, 0.25) is 0 Å². The summed E-state index contributed by atoms with van der Waals surface area (Å²) in [6.45, 7) is 7.90. The van der Waals surface area contributed by atoms with Gasteiger partial charge in [-0.2, -0.15) is 0 Å². The zero-order valence-corrected chi connectivity index (χ0v) is 10.4. The minimum Gasteiger partial charge on any atom is -0.444 e. The highest BCUT2D eigenvalue weighted by atomic mass is 19.1. The van der Waals surface area contributed by atoms with Crippen molar-refractivity contribution < 1.29 is 13.9 Å². The number of nitrogens with zero attached hydrogens (tertiary/aromatic N) is 1. The Morgan fingerprint density at radius 1 is 1.56 bits per heavy atom. The summed E-state index contributed by atoms with van der Waals surface area (Å²) in [7, 11) is 0. The lowest BCUT2D eigenvalue weighted by atomic mass is 10.1. The number of carbonyl (C=O) groups is 1. The molecule has 94 valence electrons. The third kappa shape index (κ3) is 3.63. The highest BCUT2D eigenvalue weighted by Gasteiger charge is 2.31. The molecular weight excluding hydrogens is 211 g/mol. The Hall–Kier alpha value is -0.840. The SMILES string of the molecule is C[C@@H]1CN[C@@H](CF)CN1C(=O)OC(C)(C)C. The Bertz CT molecular complexity index is 253. The van der Waals surface area contributed by atoms with Crippen molar-refractivity contribution in [2.75, 3.05) is 19.8 Å². The second-order valence-electron chi connectivity index (χ2n) is 5.24. The van der Waals surface area contributed by atoms with Crippen LogP contribution in [0, 0.1) is 0 Å². The minimum atomic E-state index is -0.507. The van der Waals surface area contributed by atoms with Gasteiger partial charge in [0.15, 0.2) is 0 Å². The molecule has 1 amide bonds. The number of nitrogens with one attached hydrogen (secondary N) is 1. The van der Waals surface area contributed by atoms with Gasteiger partial charge in [-0.15, -0.1) is 0 Å². The molecule has 2 atom stereocenters. The Balaban J connectivity index is 2.59. The third-order valence-electron chi connectivity index (χ3n) is 2.47. The van der Waals surface area contributed by atoms with Gasteiger partial charge in [-0.25, -0.2) is 9.18 Å². The molecule has 0 saturated carbocycles. The van der Waals surface area contributed by atoms with Crippen molar-refractivity contribution in [3.05, 3.63) is 0 Å². The molecule has 0 unspecified atom stereocenters. The van der Waals surface area contributed by atoms with Crippen molar-refractivity contribution in [1.29, 1.82) is 0 Å². The van der Waals surface area contributed by atoms with Crippen molar-refractivity contribution in [2.45, 2.75) is 45.4 Å². The maximum absolute atomic E-state index is 12.5. The molecule has 0 spiro atoms. The lowest BCUT2D eigenvalue weighted by Gasteiger charge is -2.38. The predicted molar refractivity (Wildman–Crippen MR) is 60.2 cm³/mol. The lowest BCUT2D eigenvalue weighted by Crippen LogP contribution is -2.58. The van der Waals surface area contributed by atoms with Crippen molar-refractivity contribution in [2.24, 2.45) is 0 Å². The minimum absolute atomic E-state index is 0.0395. The van der Waals surface area contributed by atoms with Crippen LogP contribution in [0.3, 0.4) is 0 Å². The number of hydrogen-bond donors (Lipinski definition) is 1. The molecule has 16 heavy (non-hydrogen) atoms. The number of piperazine rings is 1. The summed E-state index contributed by atoms with van der Waals surface area (Å²) in [6, 6.07) is -0.235. The van der Waals surface area contributed by atoms with Crippen molar-refractivity contribution in [3.8, 4) is 0 Å². The van der Waals surface area contributed by atoms with E-state index in [1.54, 1.807) is 4.90 Å². The summed E-state index contributed by atoms with van der Waals surface area (Å²) in [5.74, 6) is 0. The number of ether oxygens (including phenoxy) is 1. The fourth-order valence-corrected chi connectivity index (χ4v) is 1.61. The Labute approximate surface area is 96.1 Å². The first kappa shape index (κ1) is 13.2. The Morgan fingerprint density at radius 3 is 2.69 bits per heavy atom. The first-order valence-electron chi connectivity index (χ1n) is 5.62. The average Bonchev–Trinajstić information content (AvgIpc) is 2.15. The van der Waals surface area contributed by atoms with Crippen LogP contribution in [-0.2, 0) is 4.74 Å². The molecule has 1 aliphatic rings. The van der Waals surface area contributed by atoms with Gasteiger partial charge in [0.25, 0.3) is 0 Å². The van der Waals surface area contributed by atoms with E-state index in [4.69, 9.17) is 4.74 Å². The standard InChI is InChI=1S/C11H21FN2O2/c1-8-6-13-9(5-12)7-14(8)10(15)16-11(2,3)4/h8-9,13H,5-7H2,1-4H3/t8-,9+/m1/s1. The van der Waals surface area contributed by atoms with Gasteiger partial charge in [0.2, 0.25) is 0 Å². The quantitative estimate of drug-likeness (QED) is 0.746. The molecule has 1 N–H and O–H groups in total. The van der Waals surface area contributed by atoms with Gasteiger partial charge < -0.3 is 15.0 Å². The highest BCUT2D eigenvalue weighted by Crippen LogP contribution is 2.14. The van der Waals surface area contributed by atoms with E-state index in [1.165, 1.54) is 0 Å². The summed E-state index contributed by atoms with van der Waals surface area (Å²) < 4.78 is 17.8. The monoisotopic (exact) mass is 232 g/mol. The second-order valence-corrected chi connectivity index (χ2v) is 5.24. The molecule has 0 bridgehead atoms. The van der Waals surface area contributed by atoms with Gasteiger partial charge in [-0.3, -0.25) is 0 Å². The van der Waals surface area contributed by atoms with E-state index >= 15 is 0 Å². The lowest BCUT2D eigenvalue weighted by molar-refractivity contribution is 0.00865. The molecule has 0 aliphatic carbocycles. The van der Waals surface area contributed by atoms with Crippen molar-refractivity contribution in [3.63, 3.8) is 0 Å². The first-order chi connectivity index (χ1) is 7.33. The first-order valence-corrected chi connectivity index (χ1v) is 5.62. The third-order valence-corrected chi connectivity index (χ3v) is 2.47. The van der Waals surface area contributed by atoms with Gasteiger partial charge in [-0.1, -0.05) is 0 Å². The molecule has 1 aliphatic heterocycles. The molecule has 5 heteroatoms. The van der Waals surface area contributed by atoms with Crippen LogP contribution in [0.25, 0.3) is 0 Å². The Morgan fingerprint density at radius 2 is 2.19 bits per heavy atom. The van der Waals surface area contributed by atoms with Crippen LogP contribution in [0.1, 0.15) is 27.7 Å². The molecule has 0 aromatic rings. The summed E-state index contributed by atoms with van der Waals surface area (Å²) in [5.41, 5.74) is -0.507. The number of carbonyl (C=O) groups excluding carboxylic acids is 1. The van der Waals surface area contributed by atoms with Crippen molar-refractivity contribution >= 4 is 6.09 Å². The van der Waals surface area contributed by atoms with E-state index in [-0.39, 0.29) is 18.2 Å². The largest absolute Gasteiger partial charge is 0.444 e. The van der Waals surface area contributed by atoms with Crippen LogP contribution in [0.15, 0.2) is 0 Å². The smallest absolute Gasteiger partial charge is 0.410 e. The van der Waals surface area contributed by atoms with Crippen LogP contribution < -0.4 is 5.32 Å².